The molecule has 1 aliphatic heterocycles. The van der Waals surface area contributed by atoms with E-state index in [1.807, 2.05) is 0 Å². The summed E-state index contributed by atoms with van der Waals surface area (Å²) in [7, 11) is 2.76. The summed E-state index contributed by atoms with van der Waals surface area (Å²) < 4.78 is 24.1. The molecule has 0 saturated heterocycles. The molecule has 2 aromatic rings. The maximum atomic E-state index is 14.1. The van der Waals surface area contributed by atoms with Crippen molar-refractivity contribution in [3.8, 4) is 5.75 Å². The SMILES string of the molecule is COC(=O)C1=C(C)N(c2cccc(OC)c2)C(=O)C1=Cc1ccccc1F. The van der Waals surface area contributed by atoms with E-state index in [0.29, 0.717) is 17.1 Å². The monoisotopic (exact) mass is 367 g/mol. The second kappa shape index (κ2) is 7.45. The highest BCUT2D eigenvalue weighted by atomic mass is 19.1. The fraction of sp³-hybridized carbons (Fsp3) is 0.143. The van der Waals surface area contributed by atoms with Crippen molar-refractivity contribution in [3.05, 3.63) is 76.8 Å². The van der Waals surface area contributed by atoms with Crippen LogP contribution in [0.25, 0.3) is 6.08 Å². The van der Waals surface area contributed by atoms with Crippen LogP contribution in [-0.4, -0.2) is 26.1 Å². The Hall–Kier alpha value is -3.41. The molecular formula is C21H18FNO4. The Morgan fingerprint density at radius 2 is 1.85 bits per heavy atom. The second-order valence-corrected chi connectivity index (χ2v) is 5.87. The lowest BCUT2D eigenvalue weighted by Crippen LogP contribution is -2.24. The largest absolute Gasteiger partial charge is 0.497 e. The summed E-state index contributed by atoms with van der Waals surface area (Å²) in [6, 6.07) is 12.9. The molecular weight excluding hydrogens is 349 g/mol. The average molecular weight is 367 g/mol. The van der Waals surface area contributed by atoms with Crippen LogP contribution >= 0.6 is 0 Å². The van der Waals surface area contributed by atoms with E-state index in [-0.39, 0.29) is 16.7 Å². The van der Waals surface area contributed by atoms with Gasteiger partial charge in [-0.15, -0.1) is 0 Å². The highest BCUT2D eigenvalue weighted by Gasteiger charge is 2.38. The minimum Gasteiger partial charge on any atom is -0.497 e. The molecule has 138 valence electrons. The van der Waals surface area contributed by atoms with Crippen molar-refractivity contribution in [1.29, 1.82) is 0 Å². The summed E-state index contributed by atoms with van der Waals surface area (Å²) >= 11 is 0. The predicted molar refractivity (Wildman–Crippen MR) is 99.6 cm³/mol. The van der Waals surface area contributed by atoms with E-state index in [0.717, 1.165) is 0 Å². The summed E-state index contributed by atoms with van der Waals surface area (Å²) in [5.74, 6) is -1.02. The molecule has 0 spiro atoms. The van der Waals surface area contributed by atoms with Crippen LogP contribution in [0.15, 0.2) is 65.4 Å². The molecule has 0 unspecified atom stereocenters. The summed E-state index contributed by atoms with van der Waals surface area (Å²) in [5.41, 5.74) is 1.33. The zero-order valence-corrected chi connectivity index (χ0v) is 15.2. The molecule has 6 heteroatoms. The number of ether oxygens (including phenoxy) is 2. The van der Waals surface area contributed by atoms with E-state index in [1.54, 1.807) is 43.3 Å². The fourth-order valence-corrected chi connectivity index (χ4v) is 2.99. The number of esters is 1. The third-order valence-corrected chi connectivity index (χ3v) is 4.31. The second-order valence-electron chi connectivity index (χ2n) is 5.87. The van der Waals surface area contributed by atoms with Crippen LogP contribution in [0, 0.1) is 5.82 Å². The Morgan fingerprint density at radius 1 is 1.11 bits per heavy atom. The molecule has 1 amide bonds. The fourth-order valence-electron chi connectivity index (χ4n) is 2.99. The van der Waals surface area contributed by atoms with Gasteiger partial charge >= 0.3 is 5.97 Å². The summed E-state index contributed by atoms with van der Waals surface area (Å²) in [6.07, 6.45) is 1.37. The maximum absolute atomic E-state index is 14.1. The molecule has 0 atom stereocenters. The van der Waals surface area contributed by atoms with E-state index < -0.39 is 17.7 Å². The highest BCUT2D eigenvalue weighted by molar-refractivity contribution is 6.23. The molecule has 1 heterocycles. The Balaban J connectivity index is 2.16. The number of carbonyl (C=O) groups is 2. The van der Waals surface area contributed by atoms with Crippen LogP contribution < -0.4 is 9.64 Å². The van der Waals surface area contributed by atoms with Gasteiger partial charge in [0.2, 0.25) is 0 Å². The topological polar surface area (TPSA) is 55.8 Å². The lowest BCUT2D eigenvalue weighted by Gasteiger charge is -2.18. The standard InChI is InChI=1S/C21H18FNO4/c1-13-19(21(25)27-3)17(11-14-7-4-5-10-18(14)22)20(24)23(13)15-8-6-9-16(12-15)26-2/h4-12H,1-3H3. The predicted octanol–water partition coefficient (Wildman–Crippen LogP) is 3.71. The number of amides is 1. The van der Waals surface area contributed by atoms with Gasteiger partial charge in [-0.05, 0) is 31.2 Å². The Labute approximate surface area is 156 Å². The van der Waals surface area contributed by atoms with Gasteiger partial charge in [-0.1, -0.05) is 24.3 Å². The Kier molecular flexibility index (Phi) is 5.07. The quantitative estimate of drug-likeness (QED) is 0.611. The highest BCUT2D eigenvalue weighted by Crippen LogP contribution is 2.36. The smallest absolute Gasteiger partial charge is 0.340 e. The minimum absolute atomic E-state index is 0.0762. The average Bonchev–Trinajstić information content (AvgIpc) is 2.93. The van der Waals surface area contributed by atoms with Crippen molar-refractivity contribution in [2.24, 2.45) is 0 Å². The number of hydrogen-bond acceptors (Lipinski definition) is 4. The van der Waals surface area contributed by atoms with E-state index in [4.69, 9.17) is 9.47 Å². The van der Waals surface area contributed by atoms with E-state index in [9.17, 15) is 14.0 Å². The minimum atomic E-state index is -0.658. The van der Waals surface area contributed by atoms with Crippen molar-refractivity contribution < 1.29 is 23.5 Å². The molecule has 5 nitrogen and oxygen atoms in total. The van der Waals surface area contributed by atoms with Crippen molar-refractivity contribution >= 4 is 23.6 Å². The molecule has 3 rings (SSSR count). The van der Waals surface area contributed by atoms with E-state index in [2.05, 4.69) is 0 Å². The molecule has 2 aromatic carbocycles. The number of nitrogens with zero attached hydrogens (tertiary/aromatic N) is 1. The first-order chi connectivity index (χ1) is 13.0. The summed E-state index contributed by atoms with van der Waals surface area (Å²) in [4.78, 5) is 26.8. The third kappa shape index (κ3) is 3.33. The van der Waals surface area contributed by atoms with Gasteiger partial charge in [0, 0.05) is 17.3 Å². The molecule has 0 aromatic heterocycles. The third-order valence-electron chi connectivity index (χ3n) is 4.31. The van der Waals surface area contributed by atoms with Gasteiger partial charge in [-0.25, -0.2) is 9.18 Å². The van der Waals surface area contributed by atoms with Crippen LogP contribution in [0.5, 0.6) is 5.75 Å². The molecule has 0 N–H and O–H groups in total. The van der Waals surface area contributed by atoms with Crippen LogP contribution in [0.4, 0.5) is 10.1 Å². The van der Waals surface area contributed by atoms with Crippen molar-refractivity contribution in [2.75, 3.05) is 19.1 Å². The number of allylic oxidation sites excluding steroid dienone is 1. The lowest BCUT2D eigenvalue weighted by atomic mass is 10.0. The Bertz CT molecular complexity index is 978. The normalized spacial score (nSPS) is 15.5. The summed E-state index contributed by atoms with van der Waals surface area (Å²) in [5, 5.41) is 0. The zero-order valence-electron chi connectivity index (χ0n) is 15.2. The van der Waals surface area contributed by atoms with E-state index in [1.165, 1.54) is 37.3 Å². The Morgan fingerprint density at radius 3 is 2.52 bits per heavy atom. The number of halogens is 1. The van der Waals surface area contributed by atoms with Crippen molar-refractivity contribution in [2.45, 2.75) is 6.92 Å². The zero-order chi connectivity index (χ0) is 19.6. The first-order valence-corrected chi connectivity index (χ1v) is 8.22. The van der Waals surface area contributed by atoms with Crippen molar-refractivity contribution in [3.63, 3.8) is 0 Å². The molecule has 27 heavy (non-hydrogen) atoms. The lowest BCUT2D eigenvalue weighted by molar-refractivity contribution is -0.136. The molecule has 0 bridgehead atoms. The van der Waals surface area contributed by atoms with Gasteiger partial charge < -0.3 is 9.47 Å². The number of anilines is 1. The number of rotatable bonds is 4. The number of benzene rings is 2. The van der Waals surface area contributed by atoms with Gasteiger partial charge in [0.1, 0.15) is 11.6 Å². The maximum Gasteiger partial charge on any atom is 0.340 e. The number of methoxy groups -OCH3 is 2. The van der Waals surface area contributed by atoms with Gasteiger partial charge in [0.05, 0.1) is 31.1 Å². The van der Waals surface area contributed by atoms with Gasteiger partial charge in [-0.2, -0.15) is 0 Å². The van der Waals surface area contributed by atoms with Gasteiger partial charge in [-0.3, -0.25) is 9.69 Å². The van der Waals surface area contributed by atoms with Crippen LogP contribution in [0.1, 0.15) is 12.5 Å². The van der Waals surface area contributed by atoms with Gasteiger partial charge in [0.25, 0.3) is 5.91 Å². The number of carbonyl (C=O) groups excluding carboxylic acids is 2. The molecule has 1 aliphatic rings. The molecule has 0 fully saturated rings. The molecule has 0 radical (unpaired) electrons. The molecule has 0 aliphatic carbocycles. The first kappa shape index (κ1) is 18.4. The van der Waals surface area contributed by atoms with Crippen LogP contribution in [0.3, 0.4) is 0 Å². The molecule has 0 saturated carbocycles. The summed E-state index contributed by atoms with van der Waals surface area (Å²) in [6.45, 7) is 1.64. The number of hydrogen-bond donors (Lipinski definition) is 0. The first-order valence-electron chi connectivity index (χ1n) is 8.22. The van der Waals surface area contributed by atoms with Gasteiger partial charge in [0.15, 0.2) is 0 Å². The van der Waals surface area contributed by atoms with E-state index >= 15 is 0 Å². The van der Waals surface area contributed by atoms with Crippen molar-refractivity contribution in [1.82, 2.24) is 0 Å². The van der Waals surface area contributed by atoms with Crippen LogP contribution in [0.2, 0.25) is 0 Å². The van der Waals surface area contributed by atoms with Crippen LogP contribution in [-0.2, 0) is 14.3 Å².